The molecule has 128 valence electrons. The van der Waals surface area contributed by atoms with Crippen molar-refractivity contribution < 1.29 is 18.0 Å². The Labute approximate surface area is 141 Å². The third-order valence-electron chi connectivity index (χ3n) is 3.73. The van der Waals surface area contributed by atoms with Crippen LogP contribution in [0, 0.1) is 6.92 Å². The van der Waals surface area contributed by atoms with Gasteiger partial charge in [0.25, 0.3) is 0 Å². The summed E-state index contributed by atoms with van der Waals surface area (Å²) in [5.41, 5.74) is 1.80. The number of rotatable bonds is 3. The molecule has 3 rings (SSSR count). The number of hydrogen-bond donors (Lipinski definition) is 1. The van der Waals surface area contributed by atoms with Crippen LogP contribution in [0.2, 0.25) is 0 Å². The Bertz CT molecular complexity index is 956. The van der Waals surface area contributed by atoms with Crippen LogP contribution in [0.1, 0.15) is 11.3 Å². The minimum Gasteiger partial charge on any atom is -0.321 e. The van der Waals surface area contributed by atoms with Crippen LogP contribution in [0.3, 0.4) is 0 Å². The summed E-state index contributed by atoms with van der Waals surface area (Å²) in [5.74, 6) is -0.347. The molecule has 4 nitrogen and oxygen atoms in total. The van der Waals surface area contributed by atoms with Crippen molar-refractivity contribution in [2.75, 3.05) is 5.32 Å². The number of pyridine rings is 1. The van der Waals surface area contributed by atoms with Crippen molar-refractivity contribution in [2.45, 2.75) is 13.1 Å². The molecule has 0 saturated heterocycles. The molecule has 25 heavy (non-hydrogen) atoms. The molecule has 0 aliphatic heterocycles. The third kappa shape index (κ3) is 3.26. The highest BCUT2D eigenvalue weighted by molar-refractivity contribution is 5.99. The van der Waals surface area contributed by atoms with Crippen LogP contribution in [0.25, 0.3) is 16.7 Å². The molecule has 1 aromatic carbocycles. The Kier molecular flexibility index (Phi) is 4.08. The fourth-order valence-electron chi connectivity index (χ4n) is 2.61. The highest BCUT2D eigenvalue weighted by Gasteiger charge is 2.30. The van der Waals surface area contributed by atoms with Gasteiger partial charge in [0.15, 0.2) is 0 Å². The molecule has 1 N–H and O–H groups in total. The molecule has 0 atom stereocenters. The van der Waals surface area contributed by atoms with Gasteiger partial charge in [0.05, 0.1) is 17.4 Å². The zero-order chi connectivity index (χ0) is 18.2. The van der Waals surface area contributed by atoms with Crippen molar-refractivity contribution in [1.82, 2.24) is 9.55 Å². The summed E-state index contributed by atoms with van der Waals surface area (Å²) >= 11 is 0. The summed E-state index contributed by atoms with van der Waals surface area (Å²) in [6, 6.07) is 8.49. The first kappa shape index (κ1) is 16.8. The van der Waals surface area contributed by atoms with E-state index in [0.29, 0.717) is 17.0 Å². The van der Waals surface area contributed by atoms with Crippen LogP contribution in [0.5, 0.6) is 0 Å². The number of anilines is 1. The lowest BCUT2D eigenvalue weighted by atomic mass is 10.2. The minimum absolute atomic E-state index is 0.347. The van der Waals surface area contributed by atoms with Crippen LogP contribution < -0.4 is 5.32 Å². The molecule has 0 fully saturated rings. The van der Waals surface area contributed by atoms with Gasteiger partial charge in [-0.2, -0.15) is 13.2 Å². The van der Waals surface area contributed by atoms with Gasteiger partial charge in [-0.15, -0.1) is 0 Å². The highest BCUT2D eigenvalue weighted by Crippen LogP contribution is 2.31. The number of amides is 1. The highest BCUT2D eigenvalue weighted by atomic mass is 19.4. The van der Waals surface area contributed by atoms with Crippen LogP contribution in [-0.4, -0.2) is 15.5 Å². The summed E-state index contributed by atoms with van der Waals surface area (Å²) in [6.45, 7) is 5.22. The van der Waals surface area contributed by atoms with Crippen LogP contribution in [-0.2, 0) is 11.0 Å². The first-order valence-corrected chi connectivity index (χ1v) is 7.39. The zero-order valence-corrected chi connectivity index (χ0v) is 13.3. The predicted octanol–water partition coefficient (Wildman–Crippen LogP) is 4.48. The van der Waals surface area contributed by atoms with E-state index in [-0.39, 0.29) is 5.91 Å². The lowest BCUT2D eigenvalue weighted by Gasteiger charge is -2.11. The number of benzene rings is 1. The van der Waals surface area contributed by atoms with Crippen LogP contribution in [0.4, 0.5) is 18.9 Å². The van der Waals surface area contributed by atoms with Gasteiger partial charge in [-0.3, -0.25) is 9.36 Å². The van der Waals surface area contributed by atoms with Crippen molar-refractivity contribution in [3.05, 3.63) is 66.5 Å². The Hall–Kier alpha value is -3.09. The van der Waals surface area contributed by atoms with E-state index < -0.39 is 11.7 Å². The van der Waals surface area contributed by atoms with Crippen LogP contribution >= 0.6 is 0 Å². The van der Waals surface area contributed by atoms with E-state index in [0.717, 1.165) is 29.3 Å². The monoisotopic (exact) mass is 345 g/mol. The SMILES string of the molecule is C=CC(=O)Nc1cnc2c(c1)cc(C)n2-c1ccc(C(F)(F)F)cc1. The Balaban J connectivity index is 2.03. The van der Waals surface area contributed by atoms with Gasteiger partial charge in [-0.25, -0.2) is 4.98 Å². The molecule has 2 heterocycles. The molecular formula is C18H14F3N3O. The number of nitrogens with one attached hydrogen (secondary N) is 1. The molecule has 2 aromatic heterocycles. The second kappa shape index (κ2) is 6.08. The topological polar surface area (TPSA) is 46.9 Å². The molecule has 0 saturated carbocycles. The molecular weight excluding hydrogens is 331 g/mol. The number of aryl methyl sites for hydroxylation is 1. The van der Waals surface area contributed by atoms with E-state index in [2.05, 4.69) is 16.9 Å². The number of hydrogen-bond acceptors (Lipinski definition) is 2. The number of aromatic nitrogens is 2. The summed E-state index contributed by atoms with van der Waals surface area (Å²) in [6.07, 6.45) is -1.73. The number of carbonyl (C=O) groups excluding carboxylic acids is 1. The summed E-state index contributed by atoms with van der Waals surface area (Å²) in [7, 11) is 0. The van der Waals surface area contributed by atoms with Crippen LogP contribution in [0.15, 0.2) is 55.3 Å². The van der Waals surface area contributed by atoms with E-state index >= 15 is 0 Å². The van der Waals surface area contributed by atoms with E-state index in [1.54, 1.807) is 10.6 Å². The van der Waals surface area contributed by atoms with Gasteiger partial charge < -0.3 is 5.32 Å². The zero-order valence-electron chi connectivity index (χ0n) is 13.3. The summed E-state index contributed by atoms with van der Waals surface area (Å²) in [4.78, 5) is 15.7. The van der Waals surface area contributed by atoms with E-state index in [4.69, 9.17) is 0 Å². The minimum atomic E-state index is -4.37. The standard InChI is InChI=1S/C18H14F3N3O/c1-3-16(25)23-14-9-12-8-11(2)24(17(12)22-10-14)15-6-4-13(5-7-15)18(19,20)21/h3-10H,1H2,2H3,(H,23,25). The average Bonchev–Trinajstić information content (AvgIpc) is 2.89. The normalized spacial score (nSPS) is 11.5. The van der Waals surface area contributed by atoms with Gasteiger partial charge in [0, 0.05) is 16.8 Å². The summed E-state index contributed by atoms with van der Waals surface area (Å²) < 4.78 is 39.9. The van der Waals surface area contributed by atoms with Gasteiger partial charge in [-0.1, -0.05) is 6.58 Å². The van der Waals surface area contributed by atoms with Crippen molar-refractivity contribution in [2.24, 2.45) is 0 Å². The predicted molar refractivity (Wildman–Crippen MR) is 89.6 cm³/mol. The Morgan fingerprint density at radius 3 is 2.52 bits per heavy atom. The number of halogens is 3. The smallest absolute Gasteiger partial charge is 0.321 e. The number of alkyl halides is 3. The molecule has 0 spiro atoms. The first-order valence-electron chi connectivity index (χ1n) is 7.39. The summed E-state index contributed by atoms with van der Waals surface area (Å²) in [5, 5.41) is 3.39. The quantitative estimate of drug-likeness (QED) is 0.712. The Morgan fingerprint density at radius 2 is 1.92 bits per heavy atom. The molecule has 0 radical (unpaired) electrons. The largest absolute Gasteiger partial charge is 0.416 e. The maximum absolute atomic E-state index is 12.7. The second-order valence-electron chi connectivity index (χ2n) is 5.50. The van der Waals surface area contributed by atoms with E-state index in [1.165, 1.54) is 18.3 Å². The van der Waals surface area contributed by atoms with E-state index in [1.807, 2.05) is 13.0 Å². The van der Waals surface area contributed by atoms with Crippen molar-refractivity contribution >= 4 is 22.6 Å². The molecule has 0 unspecified atom stereocenters. The maximum Gasteiger partial charge on any atom is 0.416 e. The maximum atomic E-state index is 12.7. The lowest BCUT2D eigenvalue weighted by Crippen LogP contribution is -2.07. The molecule has 0 bridgehead atoms. The third-order valence-corrected chi connectivity index (χ3v) is 3.73. The van der Waals surface area contributed by atoms with Gasteiger partial charge >= 0.3 is 6.18 Å². The Morgan fingerprint density at radius 1 is 1.24 bits per heavy atom. The number of nitrogens with zero attached hydrogens (tertiary/aromatic N) is 2. The average molecular weight is 345 g/mol. The van der Waals surface area contributed by atoms with Crippen molar-refractivity contribution in [3.8, 4) is 5.69 Å². The molecule has 1 amide bonds. The van der Waals surface area contributed by atoms with Crippen molar-refractivity contribution in [1.29, 1.82) is 0 Å². The number of fused-ring (bicyclic) bond motifs is 1. The molecule has 3 aromatic rings. The van der Waals surface area contributed by atoms with E-state index in [9.17, 15) is 18.0 Å². The van der Waals surface area contributed by atoms with Gasteiger partial charge in [0.2, 0.25) is 5.91 Å². The molecule has 0 aliphatic carbocycles. The molecule has 0 aliphatic rings. The van der Waals surface area contributed by atoms with Crippen molar-refractivity contribution in [3.63, 3.8) is 0 Å². The lowest BCUT2D eigenvalue weighted by molar-refractivity contribution is -0.137. The number of carbonyl (C=O) groups is 1. The fraction of sp³-hybridized carbons (Fsp3) is 0.111. The second-order valence-corrected chi connectivity index (χ2v) is 5.50. The van der Waals surface area contributed by atoms with Gasteiger partial charge in [0.1, 0.15) is 5.65 Å². The molecule has 7 heteroatoms. The first-order chi connectivity index (χ1) is 11.8. The fourth-order valence-corrected chi connectivity index (χ4v) is 2.61. The van der Waals surface area contributed by atoms with Gasteiger partial charge in [-0.05, 0) is 49.4 Å².